The molecule has 5 heteroatoms. The summed E-state index contributed by atoms with van der Waals surface area (Å²) in [6.07, 6.45) is 0. The van der Waals surface area contributed by atoms with E-state index in [2.05, 4.69) is 10.3 Å². The van der Waals surface area contributed by atoms with Crippen molar-refractivity contribution in [2.45, 2.75) is 19.4 Å². The van der Waals surface area contributed by atoms with E-state index in [9.17, 15) is 4.79 Å². The van der Waals surface area contributed by atoms with Gasteiger partial charge in [-0.3, -0.25) is 0 Å². The highest BCUT2D eigenvalue weighted by atomic mass is 16.4. The van der Waals surface area contributed by atoms with Gasteiger partial charge in [0.05, 0.1) is 11.1 Å². The summed E-state index contributed by atoms with van der Waals surface area (Å²) in [7, 11) is 0. The van der Waals surface area contributed by atoms with Gasteiger partial charge >= 0.3 is 5.97 Å². The molecule has 0 saturated carbocycles. The summed E-state index contributed by atoms with van der Waals surface area (Å²) >= 11 is 0. The van der Waals surface area contributed by atoms with Crippen molar-refractivity contribution >= 4 is 22.7 Å². The molecule has 0 bridgehead atoms. The number of carboxylic acids is 1. The third-order valence-electron chi connectivity index (χ3n) is 2.81. The average molecular weight is 255 g/mol. The molecule has 0 amide bonds. The van der Waals surface area contributed by atoms with Crippen molar-refractivity contribution in [3.8, 4) is 6.07 Å². The van der Waals surface area contributed by atoms with Gasteiger partial charge in [0, 0.05) is 5.39 Å². The summed E-state index contributed by atoms with van der Waals surface area (Å²) in [5, 5.41) is 21.9. The summed E-state index contributed by atoms with van der Waals surface area (Å²) < 4.78 is 0. The van der Waals surface area contributed by atoms with Crippen molar-refractivity contribution in [2.75, 3.05) is 5.32 Å². The van der Waals surface area contributed by atoms with Crippen LogP contribution in [0.2, 0.25) is 0 Å². The third kappa shape index (κ3) is 2.47. The highest BCUT2D eigenvalue weighted by Crippen LogP contribution is 2.22. The lowest BCUT2D eigenvalue weighted by Crippen LogP contribution is -2.40. The van der Waals surface area contributed by atoms with Gasteiger partial charge < -0.3 is 10.4 Å². The molecule has 2 rings (SSSR count). The van der Waals surface area contributed by atoms with Crippen molar-refractivity contribution in [2.24, 2.45) is 0 Å². The van der Waals surface area contributed by atoms with E-state index in [1.165, 1.54) is 13.8 Å². The van der Waals surface area contributed by atoms with Gasteiger partial charge in [-0.15, -0.1) is 0 Å². The maximum atomic E-state index is 11.1. The van der Waals surface area contributed by atoms with E-state index in [-0.39, 0.29) is 5.82 Å². The molecule has 1 aromatic heterocycles. The first-order valence-electron chi connectivity index (χ1n) is 5.75. The zero-order valence-electron chi connectivity index (χ0n) is 10.6. The van der Waals surface area contributed by atoms with Gasteiger partial charge in [0.25, 0.3) is 0 Å². The Hall–Kier alpha value is -2.61. The molecule has 19 heavy (non-hydrogen) atoms. The number of carboxylic acid groups (broad SMARTS) is 1. The summed E-state index contributed by atoms with van der Waals surface area (Å²) in [5.74, 6) is -0.722. The Balaban J connectivity index is 2.54. The van der Waals surface area contributed by atoms with Crippen molar-refractivity contribution in [3.05, 3.63) is 35.9 Å². The molecular weight excluding hydrogens is 242 g/mol. The Morgan fingerprint density at radius 1 is 1.42 bits per heavy atom. The quantitative estimate of drug-likeness (QED) is 0.879. The fourth-order valence-electron chi connectivity index (χ4n) is 1.65. The molecule has 0 spiro atoms. The number of nitrogens with one attached hydrogen (secondary N) is 1. The number of carbonyl (C=O) groups is 1. The molecule has 0 radical (unpaired) electrons. The van der Waals surface area contributed by atoms with Gasteiger partial charge in [-0.2, -0.15) is 5.26 Å². The number of aliphatic carboxylic acids is 1. The highest BCUT2D eigenvalue weighted by molar-refractivity contribution is 5.85. The van der Waals surface area contributed by atoms with Crippen LogP contribution in [0, 0.1) is 11.3 Å². The van der Waals surface area contributed by atoms with E-state index in [1.54, 1.807) is 6.07 Å². The molecule has 5 nitrogen and oxygen atoms in total. The molecule has 0 aliphatic rings. The van der Waals surface area contributed by atoms with Crippen LogP contribution in [-0.4, -0.2) is 21.6 Å². The fourth-order valence-corrected chi connectivity index (χ4v) is 1.65. The molecular formula is C14H13N3O2. The molecule has 0 aliphatic carbocycles. The predicted molar refractivity (Wildman–Crippen MR) is 71.8 cm³/mol. The Morgan fingerprint density at radius 2 is 2.11 bits per heavy atom. The van der Waals surface area contributed by atoms with Crippen molar-refractivity contribution < 1.29 is 9.90 Å². The summed E-state index contributed by atoms with van der Waals surface area (Å²) in [6, 6.07) is 11.1. The number of benzene rings is 1. The Kier molecular flexibility index (Phi) is 3.09. The Bertz CT molecular complexity index is 687. The standard InChI is InChI=1S/C14H13N3O2/c1-14(2,13(18)19)17-12-10(8-15)7-9-5-3-4-6-11(9)16-12/h3-7H,1-2H3,(H,16,17)(H,18,19). The Morgan fingerprint density at radius 3 is 2.74 bits per heavy atom. The predicted octanol–water partition coefficient (Wildman–Crippen LogP) is 2.38. The number of fused-ring (bicyclic) bond motifs is 1. The number of hydrogen-bond acceptors (Lipinski definition) is 4. The average Bonchev–Trinajstić information content (AvgIpc) is 2.37. The van der Waals surface area contributed by atoms with Crippen LogP contribution in [0.1, 0.15) is 19.4 Å². The van der Waals surface area contributed by atoms with E-state index in [0.29, 0.717) is 11.1 Å². The van der Waals surface area contributed by atoms with Crippen LogP contribution in [0.25, 0.3) is 10.9 Å². The number of rotatable bonds is 3. The fraction of sp³-hybridized carbons (Fsp3) is 0.214. The highest BCUT2D eigenvalue weighted by Gasteiger charge is 2.28. The number of nitrogens with zero attached hydrogens (tertiary/aromatic N) is 2. The van der Waals surface area contributed by atoms with Gasteiger partial charge in [0.2, 0.25) is 0 Å². The number of hydrogen-bond donors (Lipinski definition) is 2. The van der Waals surface area contributed by atoms with Crippen LogP contribution in [0.5, 0.6) is 0 Å². The monoisotopic (exact) mass is 255 g/mol. The van der Waals surface area contributed by atoms with Crippen molar-refractivity contribution in [1.82, 2.24) is 4.98 Å². The van der Waals surface area contributed by atoms with E-state index >= 15 is 0 Å². The SMILES string of the molecule is CC(C)(Nc1nc2ccccc2cc1C#N)C(=O)O. The third-order valence-corrected chi connectivity index (χ3v) is 2.81. The molecule has 2 N–H and O–H groups in total. The van der Waals surface area contributed by atoms with E-state index in [0.717, 1.165) is 5.39 Å². The normalized spacial score (nSPS) is 11.0. The van der Waals surface area contributed by atoms with Crippen LogP contribution in [0.3, 0.4) is 0 Å². The van der Waals surface area contributed by atoms with Crippen LogP contribution in [-0.2, 0) is 4.79 Å². The topological polar surface area (TPSA) is 86.0 Å². The van der Waals surface area contributed by atoms with E-state index < -0.39 is 11.5 Å². The lowest BCUT2D eigenvalue weighted by atomic mass is 10.1. The van der Waals surface area contributed by atoms with Gasteiger partial charge in [0.1, 0.15) is 17.4 Å². The number of anilines is 1. The number of pyridine rings is 1. The second-order valence-electron chi connectivity index (χ2n) is 4.74. The lowest BCUT2D eigenvalue weighted by Gasteiger charge is -2.22. The van der Waals surface area contributed by atoms with Crippen LogP contribution in [0.4, 0.5) is 5.82 Å². The lowest BCUT2D eigenvalue weighted by molar-refractivity contribution is -0.141. The summed E-state index contributed by atoms with van der Waals surface area (Å²) in [5.41, 5.74) is -0.153. The Labute approximate surface area is 110 Å². The van der Waals surface area contributed by atoms with E-state index in [4.69, 9.17) is 10.4 Å². The second-order valence-corrected chi connectivity index (χ2v) is 4.74. The van der Waals surface area contributed by atoms with Crippen LogP contribution in [0.15, 0.2) is 30.3 Å². The molecule has 1 heterocycles. The van der Waals surface area contributed by atoms with Crippen molar-refractivity contribution in [1.29, 1.82) is 5.26 Å². The van der Waals surface area contributed by atoms with Gasteiger partial charge in [-0.05, 0) is 26.0 Å². The van der Waals surface area contributed by atoms with E-state index in [1.807, 2.05) is 30.3 Å². The van der Waals surface area contributed by atoms with Crippen molar-refractivity contribution in [3.63, 3.8) is 0 Å². The minimum atomic E-state index is -1.19. The maximum absolute atomic E-state index is 11.1. The first-order valence-corrected chi connectivity index (χ1v) is 5.75. The molecule has 0 saturated heterocycles. The zero-order valence-corrected chi connectivity index (χ0v) is 10.6. The summed E-state index contributed by atoms with van der Waals surface area (Å²) in [4.78, 5) is 15.4. The van der Waals surface area contributed by atoms with Gasteiger partial charge in [0.15, 0.2) is 0 Å². The minimum Gasteiger partial charge on any atom is -0.480 e. The molecule has 0 atom stereocenters. The smallest absolute Gasteiger partial charge is 0.328 e. The maximum Gasteiger partial charge on any atom is 0.328 e. The van der Waals surface area contributed by atoms with Crippen LogP contribution < -0.4 is 5.32 Å². The molecule has 2 aromatic rings. The molecule has 0 aliphatic heterocycles. The van der Waals surface area contributed by atoms with Gasteiger partial charge in [-0.25, -0.2) is 9.78 Å². The summed E-state index contributed by atoms with van der Waals surface area (Å²) in [6.45, 7) is 3.04. The first-order chi connectivity index (χ1) is 8.94. The molecule has 1 aromatic carbocycles. The number of para-hydroxylation sites is 1. The first kappa shape index (κ1) is 12.8. The number of nitriles is 1. The molecule has 0 fully saturated rings. The minimum absolute atomic E-state index is 0.286. The molecule has 96 valence electrons. The zero-order chi connectivity index (χ0) is 14.0. The van der Waals surface area contributed by atoms with Gasteiger partial charge in [-0.1, -0.05) is 18.2 Å². The number of aromatic nitrogens is 1. The largest absolute Gasteiger partial charge is 0.480 e. The second kappa shape index (κ2) is 4.58. The molecule has 0 unspecified atom stereocenters. The van der Waals surface area contributed by atoms with Crippen LogP contribution >= 0.6 is 0 Å².